The number of halogens is 1. The Balaban J connectivity index is 1.98. The van der Waals surface area contributed by atoms with Crippen LogP contribution in [0.2, 0.25) is 5.02 Å². The summed E-state index contributed by atoms with van der Waals surface area (Å²) in [5, 5.41) is 5.71. The minimum absolute atomic E-state index is 0.209. The summed E-state index contributed by atoms with van der Waals surface area (Å²) in [6.07, 6.45) is 4.89. The molecule has 5 nitrogen and oxygen atoms in total. The Morgan fingerprint density at radius 1 is 1.35 bits per heavy atom. The van der Waals surface area contributed by atoms with Crippen LogP contribution < -0.4 is 4.72 Å². The third-order valence-electron chi connectivity index (χ3n) is 2.55. The minimum Gasteiger partial charge on any atom is -0.275 e. The van der Waals surface area contributed by atoms with Crippen molar-refractivity contribution in [2.75, 3.05) is 0 Å². The molecule has 7 heteroatoms. The van der Waals surface area contributed by atoms with Gasteiger partial charge in [0.15, 0.2) is 0 Å². The molecule has 1 N–H and O–H groups in total. The van der Waals surface area contributed by atoms with Gasteiger partial charge in [-0.3, -0.25) is 4.68 Å². The van der Waals surface area contributed by atoms with Crippen LogP contribution in [-0.4, -0.2) is 18.2 Å². The number of nitrogens with zero attached hydrogens (tertiary/aromatic N) is 2. The van der Waals surface area contributed by atoms with E-state index in [0.29, 0.717) is 5.02 Å². The average Bonchev–Trinajstić information content (AvgIpc) is 2.82. The van der Waals surface area contributed by atoms with Crippen LogP contribution >= 0.6 is 11.6 Å². The summed E-state index contributed by atoms with van der Waals surface area (Å²) in [6.45, 7) is 0.209. The lowest BCUT2D eigenvalue weighted by molar-refractivity contribution is 0.590. The summed E-state index contributed by atoms with van der Waals surface area (Å²) in [6, 6.07) is 6.90. The van der Waals surface area contributed by atoms with Gasteiger partial charge in [-0.2, -0.15) is 5.10 Å². The number of benzene rings is 1. The minimum atomic E-state index is -3.48. The fraction of sp³-hybridized carbons (Fsp3) is 0.154. The lowest BCUT2D eigenvalue weighted by Gasteiger charge is -2.00. The summed E-state index contributed by atoms with van der Waals surface area (Å²) in [5.41, 5.74) is 1.57. The molecule has 0 saturated carbocycles. The molecule has 0 unspecified atom stereocenters. The van der Waals surface area contributed by atoms with Gasteiger partial charge in [0.25, 0.3) is 0 Å². The number of rotatable bonds is 5. The molecule has 0 bridgehead atoms. The van der Waals surface area contributed by atoms with Crippen molar-refractivity contribution in [2.24, 2.45) is 7.05 Å². The molecule has 0 fully saturated rings. The number of sulfonamides is 1. The van der Waals surface area contributed by atoms with Crippen molar-refractivity contribution in [3.8, 4) is 0 Å². The second-order valence-electron chi connectivity index (χ2n) is 4.24. The maximum atomic E-state index is 11.8. The lowest BCUT2D eigenvalue weighted by Crippen LogP contribution is -2.20. The normalized spacial score (nSPS) is 12.1. The highest BCUT2D eigenvalue weighted by atomic mass is 35.5. The van der Waals surface area contributed by atoms with E-state index in [0.717, 1.165) is 16.5 Å². The molecule has 0 amide bonds. The monoisotopic (exact) mass is 311 g/mol. The third-order valence-corrected chi connectivity index (χ3v) is 3.84. The van der Waals surface area contributed by atoms with Crippen molar-refractivity contribution in [3.05, 3.63) is 58.2 Å². The van der Waals surface area contributed by atoms with Gasteiger partial charge in [-0.25, -0.2) is 13.1 Å². The Morgan fingerprint density at radius 2 is 2.05 bits per heavy atom. The van der Waals surface area contributed by atoms with Crippen molar-refractivity contribution in [1.29, 1.82) is 0 Å². The third kappa shape index (κ3) is 4.48. The van der Waals surface area contributed by atoms with E-state index < -0.39 is 10.0 Å². The summed E-state index contributed by atoms with van der Waals surface area (Å²) in [4.78, 5) is 0. The summed E-state index contributed by atoms with van der Waals surface area (Å²) < 4.78 is 27.7. The maximum Gasteiger partial charge on any atom is 0.234 e. The highest BCUT2D eigenvalue weighted by Crippen LogP contribution is 2.11. The number of aromatic nitrogens is 2. The van der Waals surface area contributed by atoms with E-state index >= 15 is 0 Å². The number of nitrogens with one attached hydrogen (secondary N) is 1. The Kier molecular flexibility index (Phi) is 4.59. The van der Waals surface area contributed by atoms with Crippen LogP contribution in [0.1, 0.15) is 11.1 Å². The Morgan fingerprint density at radius 3 is 2.65 bits per heavy atom. The van der Waals surface area contributed by atoms with Crippen LogP contribution in [0.5, 0.6) is 0 Å². The van der Waals surface area contributed by atoms with E-state index in [2.05, 4.69) is 9.82 Å². The Labute approximate surface area is 122 Å². The molecular formula is C13H14ClN3O2S. The Hall–Kier alpha value is -1.63. The molecule has 0 saturated heterocycles. The van der Waals surface area contributed by atoms with E-state index in [4.69, 9.17) is 11.6 Å². The molecule has 1 aromatic heterocycles. The van der Waals surface area contributed by atoms with Gasteiger partial charge in [0.1, 0.15) is 0 Å². The molecule has 106 valence electrons. The second kappa shape index (κ2) is 6.21. The van der Waals surface area contributed by atoms with Crippen molar-refractivity contribution < 1.29 is 8.42 Å². The van der Waals surface area contributed by atoms with Gasteiger partial charge in [-0.15, -0.1) is 0 Å². The molecule has 0 aliphatic rings. The number of hydrogen-bond acceptors (Lipinski definition) is 3. The van der Waals surface area contributed by atoms with Crippen molar-refractivity contribution in [1.82, 2.24) is 14.5 Å². The van der Waals surface area contributed by atoms with Crippen molar-refractivity contribution in [3.63, 3.8) is 0 Å². The largest absolute Gasteiger partial charge is 0.275 e. The van der Waals surface area contributed by atoms with Gasteiger partial charge in [0.05, 0.1) is 6.20 Å². The topological polar surface area (TPSA) is 64.0 Å². The molecule has 0 atom stereocenters. The summed E-state index contributed by atoms with van der Waals surface area (Å²) in [7, 11) is -1.70. The molecule has 1 heterocycles. The predicted octanol–water partition coefficient (Wildman–Crippen LogP) is 2.16. The molecule has 0 aliphatic carbocycles. The fourth-order valence-corrected chi connectivity index (χ4v) is 2.46. The van der Waals surface area contributed by atoms with Crippen LogP contribution in [0.25, 0.3) is 6.08 Å². The van der Waals surface area contributed by atoms with Crippen LogP contribution in [0.3, 0.4) is 0 Å². The Bertz CT molecular complexity index is 705. The average molecular weight is 312 g/mol. The van der Waals surface area contributed by atoms with Crippen molar-refractivity contribution in [2.45, 2.75) is 6.54 Å². The van der Waals surface area contributed by atoms with E-state index in [1.54, 1.807) is 48.4 Å². The predicted molar refractivity (Wildman–Crippen MR) is 79.5 cm³/mol. The van der Waals surface area contributed by atoms with Crippen molar-refractivity contribution >= 4 is 27.7 Å². The first-order valence-corrected chi connectivity index (χ1v) is 7.78. The van der Waals surface area contributed by atoms with Gasteiger partial charge >= 0.3 is 0 Å². The molecule has 2 rings (SSSR count). The molecule has 2 aromatic rings. The van der Waals surface area contributed by atoms with E-state index in [-0.39, 0.29) is 6.54 Å². The van der Waals surface area contributed by atoms with Crippen LogP contribution in [0.4, 0.5) is 0 Å². The molecule has 0 radical (unpaired) electrons. The molecule has 0 aliphatic heterocycles. The standard InChI is InChI=1S/C13H14ClN3O2S/c1-17-10-12(8-15-17)9-16-20(18,19)7-6-11-2-4-13(14)5-3-11/h2-8,10,16H,9H2,1H3. The van der Waals surface area contributed by atoms with E-state index in [9.17, 15) is 8.42 Å². The quantitative estimate of drug-likeness (QED) is 0.920. The zero-order chi connectivity index (χ0) is 14.6. The lowest BCUT2D eigenvalue weighted by atomic mass is 10.2. The molecule has 20 heavy (non-hydrogen) atoms. The zero-order valence-corrected chi connectivity index (χ0v) is 12.4. The highest BCUT2D eigenvalue weighted by Gasteiger charge is 2.05. The van der Waals surface area contributed by atoms with Gasteiger partial charge in [0, 0.05) is 35.8 Å². The molecule has 0 spiro atoms. The van der Waals surface area contributed by atoms with E-state index in [1.807, 2.05) is 0 Å². The first-order valence-electron chi connectivity index (χ1n) is 5.85. The maximum absolute atomic E-state index is 11.8. The highest BCUT2D eigenvalue weighted by molar-refractivity contribution is 7.92. The number of hydrogen-bond donors (Lipinski definition) is 1. The van der Waals surface area contributed by atoms with E-state index in [1.165, 1.54) is 6.08 Å². The molecule has 1 aromatic carbocycles. The second-order valence-corrected chi connectivity index (χ2v) is 6.33. The van der Waals surface area contributed by atoms with Gasteiger partial charge in [0.2, 0.25) is 10.0 Å². The first kappa shape index (κ1) is 14.8. The van der Waals surface area contributed by atoms with Crippen LogP contribution in [0.15, 0.2) is 42.1 Å². The van der Waals surface area contributed by atoms with Gasteiger partial charge in [-0.1, -0.05) is 23.7 Å². The summed E-state index contributed by atoms with van der Waals surface area (Å²) in [5.74, 6) is 0. The van der Waals surface area contributed by atoms with Gasteiger partial charge in [-0.05, 0) is 23.8 Å². The zero-order valence-electron chi connectivity index (χ0n) is 10.8. The molecular weight excluding hydrogens is 298 g/mol. The first-order chi connectivity index (χ1) is 9.44. The van der Waals surface area contributed by atoms with Crippen LogP contribution in [-0.2, 0) is 23.6 Å². The fourth-order valence-electron chi connectivity index (χ4n) is 1.54. The summed E-state index contributed by atoms with van der Waals surface area (Å²) >= 11 is 5.76. The van der Waals surface area contributed by atoms with Crippen LogP contribution in [0, 0.1) is 0 Å². The van der Waals surface area contributed by atoms with Gasteiger partial charge < -0.3 is 0 Å². The SMILES string of the molecule is Cn1cc(CNS(=O)(=O)C=Cc2ccc(Cl)cc2)cn1. The smallest absolute Gasteiger partial charge is 0.234 e. The number of aryl methyl sites for hydroxylation is 1.